The van der Waals surface area contributed by atoms with Gasteiger partial charge in [0, 0.05) is 0 Å². The lowest BCUT2D eigenvalue weighted by atomic mass is 10.4. The zero-order chi connectivity index (χ0) is 18.2. The van der Waals surface area contributed by atoms with E-state index in [2.05, 4.69) is 14.2 Å². The van der Waals surface area contributed by atoms with Crippen LogP contribution in [0.2, 0.25) is 0 Å². The highest BCUT2D eigenvalue weighted by Crippen LogP contribution is 1.95. The minimum absolute atomic E-state index is 0.0167. The fraction of sp³-hybridized carbons (Fsp3) is 0.857. The van der Waals surface area contributed by atoms with Gasteiger partial charge in [-0.15, -0.1) is 0 Å². The molecule has 0 fully saturated rings. The van der Waals surface area contributed by atoms with E-state index in [0.717, 1.165) is 0 Å². The Morgan fingerprint density at radius 1 is 0.833 bits per heavy atom. The average Bonchev–Trinajstić information content (AvgIpc) is 2.54. The first-order chi connectivity index (χ1) is 11.5. The predicted molar refractivity (Wildman–Crippen MR) is 79.6 cm³/mol. The molecule has 0 bridgehead atoms. The molecule has 0 spiro atoms. The standard InChI is InChI=1S/C14H26O10/c1-11(16)9-24-14(18)23-8-7-20-12(2)10-19-5-6-22-13(17)21-4-3-15/h11-12,15-16H,3-10H2,1-2H3. The maximum atomic E-state index is 11.1. The number of carbonyl (C=O) groups excluding carboxylic acids is 2. The lowest BCUT2D eigenvalue weighted by Crippen LogP contribution is -2.22. The van der Waals surface area contributed by atoms with Gasteiger partial charge in [0.2, 0.25) is 0 Å². The van der Waals surface area contributed by atoms with Crippen LogP contribution >= 0.6 is 0 Å². The van der Waals surface area contributed by atoms with Crippen molar-refractivity contribution in [1.82, 2.24) is 0 Å². The van der Waals surface area contributed by atoms with Crippen LogP contribution in [0.15, 0.2) is 0 Å². The number of carbonyl (C=O) groups is 2. The van der Waals surface area contributed by atoms with E-state index in [0.29, 0.717) is 0 Å². The zero-order valence-corrected chi connectivity index (χ0v) is 14.0. The van der Waals surface area contributed by atoms with Gasteiger partial charge in [-0.2, -0.15) is 0 Å². The fourth-order valence-corrected chi connectivity index (χ4v) is 1.26. The molecule has 2 N–H and O–H groups in total. The zero-order valence-electron chi connectivity index (χ0n) is 14.0. The first-order valence-corrected chi connectivity index (χ1v) is 7.53. The molecule has 0 radical (unpaired) electrons. The molecular weight excluding hydrogens is 328 g/mol. The van der Waals surface area contributed by atoms with Crippen LogP contribution in [0.1, 0.15) is 13.8 Å². The molecule has 2 atom stereocenters. The molecule has 0 saturated carbocycles. The largest absolute Gasteiger partial charge is 0.508 e. The molecular formula is C14H26O10. The molecule has 0 amide bonds. The van der Waals surface area contributed by atoms with E-state index in [1.807, 2.05) is 0 Å². The lowest BCUT2D eigenvalue weighted by molar-refractivity contribution is -0.0401. The first-order valence-electron chi connectivity index (χ1n) is 7.53. The van der Waals surface area contributed by atoms with Crippen molar-refractivity contribution >= 4 is 12.3 Å². The molecule has 0 aliphatic heterocycles. The monoisotopic (exact) mass is 354 g/mol. The Balaban J connectivity index is 3.42. The second-order valence-electron chi connectivity index (χ2n) is 4.69. The van der Waals surface area contributed by atoms with Gasteiger partial charge in [0.25, 0.3) is 0 Å². The average molecular weight is 354 g/mol. The van der Waals surface area contributed by atoms with Crippen molar-refractivity contribution in [3.05, 3.63) is 0 Å². The Morgan fingerprint density at radius 3 is 2.04 bits per heavy atom. The van der Waals surface area contributed by atoms with E-state index >= 15 is 0 Å². The maximum Gasteiger partial charge on any atom is 0.508 e. The summed E-state index contributed by atoms with van der Waals surface area (Å²) in [5.74, 6) is 0. The van der Waals surface area contributed by atoms with Crippen LogP contribution in [0.3, 0.4) is 0 Å². The van der Waals surface area contributed by atoms with Gasteiger partial charge in [0.15, 0.2) is 0 Å². The summed E-state index contributed by atoms with van der Waals surface area (Å²) in [5.41, 5.74) is 0. The molecule has 2 unspecified atom stereocenters. The van der Waals surface area contributed by atoms with Gasteiger partial charge >= 0.3 is 12.3 Å². The molecule has 0 saturated heterocycles. The molecule has 0 aromatic carbocycles. The van der Waals surface area contributed by atoms with Crippen LogP contribution in [-0.4, -0.2) is 87.6 Å². The van der Waals surface area contributed by atoms with Gasteiger partial charge in [-0.05, 0) is 13.8 Å². The molecule has 0 rings (SSSR count). The second kappa shape index (κ2) is 14.9. The van der Waals surface area contributed by atoms with E-state index in [9.17, 15) is 9.59 Å². The third-order valence-electron chi connectivity index (χ3n) is 2.26. The molecule has 24 heavy (non-hydrogen) atoms. The summed E-state index contributed by atoms with van der Waals surface area (Å²) in [6.45, 7) is 3.40. The smallest absolute Gasteiger partial charge is 0.432 e. The van der Waals surface area contributed by atoms with Crippen LogP contribution < -0.4 is 0 Å². The van der Waals surface area contributed by atoms with Crippen molar-refractivity contribution in [2.24, 2.45) is 0 Å². The highest BCUT2D eigenvalue weighted by Gasteiger charge is 2.08. The molecule has 10 nitrogen and oxygen atoms in total. The highest BCUT2D eigenvalue weighted by atomic mass is 16.7. The number of aliphatic hydroxyl groups is 2. The van der Waals surface area contributed by atoms with Gasteiger partial charge < -0.3 is 38.6 Å². The fourth-order valence-electron chi connectivity index (χ4n) is 1.26. The number of ether oxygens (including phenoxy) is 6. The molecule has 0 aliphatic rings. The third kappa shape index (κ3) is 15.3. The van der Waals surface area contributed by atoms with Crippen LogP contribution in [0.5, 0.6) is 0 Å². The lowest BCUT2D eigenvalue weighted by Gasteiger charge is -2.14. The predicted octanol–water partition coefficient (Wildman–Crippen LogP) is 0.0876. The summed E-state index contributed by atoms with van der Waals surface area (Å²) in [6.07, 6.45) is -2.72. The highest BCUT2D eigenvalue weighted by molar-refractivity contribution is 5.60. The topological polar surface area (TPSA) is 130 Å². The minimum Gasteiger partial charge on any atom is -0.432 e. The van der Waals surface area contributed by atoms with Crippen molar-refractivity contribution < 1.29 is 48.2 Å². The first kappa shape index (κ1) is 22.4. The van der Waals surface area contributed by atoms with Gasteiger partial charge in [-0.3, -0.25) is 0 Å². The van der Waals surface area contributed by atoms with Crippen LogP contribution in [0.25, 0.3) is 0 Å². The third-order valence-corrected chi connectivity index (χ3v) is 2.26. The summed E-state index contributed by atoms with van der Waals surface area (Å²) in [4.78, 5) is 22.0. The van der Waals surface area contributed by atoms with E-state index in [-0.39, 0.29) is 59.0 Å². The number of hydrogen-bond acceptors (Lipinski definition) is 10. The van der Waals surface area contributed by atoms with Gasteiger partial charge in [-0.25, -0.2) is 9.59 Å². The Labute approximate surface area is 140 Å². The second-order valence-corrected chi connectivity index (χ2v) is 4.69. The maximum absolute atomic E-state index is 11.1. The summed E-state index contributed by atoms with van der Waals surface area (Å²) in [5, 5.41) is 17.4. The van der Waals surface area contributed by atoms with Crippen LogP contribution in [-0.2, 0) is 28.4 Å². The Hall–Kier alpha value is -1.62. The van der Waals surface area contributed by atoms with Crippen molar-refractivity contribution in [3.63, 3.8) is 0 Å². The summed E-state index contributed by atoms with van der Waals surface area (Å²) < 4.78 is 29.0. The van der Waals surface area contributed by atoms with E-state index < -0.39 is 18.4 Å². The van der Waals surface area contributed by atoms with Crippen molar-refractivity contribution in [2.45, 2.75) is 26.1 Å². The summed E-state index contributed by atoms with van der Waals surface area (Å²) >= 11 is 0. The Kier molecular flexibility index (Phi) is 13.9. The number of rotatable bonds is 13. The van der Waals surface area contributed by atoms with E-state index in [1.165, 1.54) is 6.92 Å². The summed E-state index contributed by atoms with van der Waals surface area (Å²) in [6, 6.07) is 0. The van der Waals surface area contributed by atoms with Crippen molar-refractivity contribution in [2.75, 3.05) is 52.9 Å². The molecule has 0 aromatic heterocycles. The van der Waals surface area contributed by atoms with Gasteiger partial charge in [0.05, 0.1) is 38.6 Å². The van der Waals surface area contributed by atoms with Crippen LogP contribution in [0.4, 0.5) is 9.59 Å². The van der Waals surface area contributed by atoms with Crippen molar-refractivity contribution in [1.29, 1.82) is 0 Å². The van der Waals surface area contributed by atoms with E-state index in [1.54, 1.807) is 6.92 Å². The minimum atomic E-state index is -0.867. The van der Waals surface area contributed by atoms with Crippen molar-refractivity contribution in [3.8, 4) is 0 Å². The quantitative estimate of drug-likeness (QED) is 0.346. The Morgan fingerprint density at radius 2 is 1.42 bits per heavy atom. The Bertz CT molecular complexity index is 334. The molecule has 0 heterocycles. The normalized spacial score (nSPS) is 13.0. The molecule has 0 aromatic rings. The summed E-state index contributed by atoms with van der Waals surface area (Å²) in [7, 11) is 0. The van der Waals surface area contributed by atoms with Gasteiger partial charge in [-0.1, -0.05) is 0 Å². The van der Waals surface area contributed by atoms with E-state index in [4.69, 9.17) is 24.4 Å². The molecule has 0 aliphatic carbocycles. The SMILES string of the molecule is CC(O)COC(=O)OCCOC(C)COCCOC(=O)OCCO. The number of aliphatic hydroxyl groups excluding tert-OH is 2. The van der Waals surface area contributed by atoms with Crippen LogP contribution in [0, 0.1) is 0 Å². The molecule has 10 heteroatoms. The molecule has 142 valence electrons. The number of hydrogen-bond donors (Lipinski definition) is 2. The van der Waals surface area contributed by atoms with Gasteiger partial charge in [0.1, 0.15) is 26.4 Å².